The molecule has 1 fully saturated rings. The molecule has 36 heavy (non-hydrogen) atoms. The van der Waals surface area contributed by atoms with Crippen LogP contribution in [0.2, 0.25) is 0 Å². The number of aromatic nitrogens is 1. The third-order valence-electron chi connectivity index (χ3n) is 5.73. The molecule has 0 radical (unpaired) electrons. The zero-order valence-corrected chi connectivity index (χ0v) is 21.4. The van der Waals surface area contributed by atoms with Crippen LogP contribution in [0.3, 0.4) is 0 Å². The quantitative estimate of drug-likeness (QED) is 0.247. The number of nitrogens with one attached hydrogen (secondary N) is 2. The van der Waals surface area contributed by atoms with E-state index in [0.29, 0.717) is 35.7 Å². The molecule has 0 spiro atoms. The summed E-state index contributed by atoms with van der Waals surface area (Å²) in [7, 11) is 0. The van der Waals surface area contributed by atoms with Crippen LogP contribution < -0.4 is 15.4 Å². The Morgan fingerprint density at radius 3 is 2.06 bits per heavy atom. The molecular formula is C28H25BrFN3O3. The molecule has 2 amide bonds. The van der Waals surface area contributed by atoms with Crippen LogP contribution in [0.25, 0.3) is 10.9 Å². The Kier molecular flexibility index (Phi) is 7.64. The first kappa shape index (κ1) is 25.3. The molecule has 0 aliphatic heterocycles. The molecule has 1 saturated carbocycles. The second-order valence-corrected chi connectivity index (χ2v) is 9.01. The average molecular weight is 550 g/mol. The molecule has 1 aliphatic carbocycles. The van der Waals surface area contributed by atoms with E-state index in [0.717, 1.165) is 15.4 Å². The Labute approximate surface area is 217 Å². The Balaban J connectivity index is 0.00000148. The molecule has 8 heteroatoms. The fraction of sp³-hybridized carbons (Fsp3) is 0.179. The van der Waals surface area contributed by atoms with Gasteiger partial charge in [0.2, 0.25) is 11.8 Å². The van der Waals surface area contributed by atoms with Crippen LogP contribution in [0, 0.1) is 11.2 Å². The number of hydrogen-bond acceptors (Lipinski definition) is 4. The number of rotatable bonds is 6. The van der Waals surface area contributed by atoms with Crippen LogP contribution in [-0.2, 0) is 9.59 Å². The largest absolute Gasteiger partial charge is 0.457 e. The van der Waals surface area contributed by atoms with E-state index in [1.807, 2.05) is 32.0 Å². The summed E-state index contributed by atoms with van der Waals surface area (Å²) in [6, 6.07) is 20.0. The van der Waals surface area contributed by atoms with E-state index in [1.54, 1.807) is 36.5 Å². The molecule has 1 heterocycles. The minimum absolute atomic E-state index is 0.369. The van der Waals surface area contributed by atoms with Crippen molar-refractivity contribution in [1.82, 2.24) is 4.98 Å². The first-order chi connectivity index (χ1) is 17.4. The highest BCUT2D eigenvalue weighted by molar-refractivity contribution is 9.10. The number of benzene rings is 3. The fourth-order valence-corrected chi connectivity index (χ4v) is 3.98. The summed E-state index contributed by atoms with van der Waals surface area (Å²) < 4.78 is 20.0. The number of carbonyl (C=O) groups is 2. The molecule has 1 aliphatic rings. The van der Waals surface area contributed by atoms with E-state index in [2.05, 4.69) is 31.5 Å². The molecule has 6 nitrogen and oxygen atoms in total. The molecule has 0 unspecified atom stereocenters. The maximum absolute atomic E-state index is 13.1. The Morgan fingerprint density at radius 2 is 1.47 bits per heavy atom. The normalized spacial score (nSPS) is 13.2. The molecule has 184 valence electrons. The minimum Gasteiger partial charge on any atom is -0.457 e. The van der Waals surface area contributed by atoms with Gasteiger partial charge in [0.05, 0.1) is 5.52 Å². The molecule has 0 bridgehead atoms. The second kappa shape index (κ2) is 10.9. The van der Waals surface area contributed by atoms with Crippen molar-refractivity contribution in [2.45, 2.75) is 26.7 Å². The zero-order chi connectivity index (χ0) is 25.7. The van der Waals surface area contributed by atoms with Gasteiger partial charge in [-0.3, -0.25) is 14.6 Å². The van der Waals surface area contributed by atoms with E-state index < -0.39 is 17.1 Å². The number of amides is 2. The van der Waals surface area contributed by atoms with E-state index in [4.69, 9.17) is 4.74 Å². The molecule has 1 aromatic heterocycles. The summed E-state index contributed by atoms with van der Waals surface area (Å²) in [6.07, 6.45) is 2.60. The zero-order valence-electron chi connectivity index (χ0n) is 19.8. The van der Waals surface area contributed by atoms with Crippen LogP contribution >= 0.6 is 15.9 Å². The number of pyridine rings is 1. The number of carbonyl (C=O) groups excluding carboxylic acids is 2. The lowest BCUT2D eigenvalue weighted by Gasteiger charge is -2.16. The summed E-state index contributed by atoms with van der Waals surface area (Å²) in [4.78, 5) is 29.9. The maximum atomic E-state index is 13.1. The van der Waals surface area contributed by atoms with Crippen molar-refractivity contribution in [2.24, 2.45) is 5.41 Å². The third kappa shape index (κ3) is 5.54. The summed E-state index contributed by atoms with van der Waals surface area (Å²) in [5, 5.41) is 6.40. The Hall–Kier alpha value is -3.78. The van der Waals surface area contributed by atoms with Crippen LogP contribution in [-0.4, -0.2) is 16.8 Å². The van der Waals surface area contributed by atoms with E-state index >= 15 is 0 Å². The highest BCUT2D eigenvalue weighted by Gasteiger charge is 2.56. The number of anilines is 2. The van der Waals surface area contributed by atoms with Crippen molar-refractivity contribution in [2.75, 3.05) is 10.6 Å². The second-order valence-electron chi connectivity index (χ2n) is 8.09. The number of nitrogens with zero attached hydrogens (tertiary/aromatic N) is 1. The van der Waals surface area contributed by atoms with E-state index in [1.165, 1.54) is 24.3 Å². The minimum atomic E-state index is -1.12. The lowest BCUT2D eigenvalue weighted by atomic mass is 10.0. The lowest BCUT2D eigenvalue weighted by Crippen LogP contribution is -2.35. The number of ether oxygens (including phenoxy) is 1. The first-order valence-corrected chi connectivity index (χ1v) is 12.4. The summed E-state index contributed by atoms with van der Waals surface area (Å²) in [6.45, 7) is 4.00. The molecule has 0 saturated heterocycles. The van der Waals surface area contributed by atoms with Gasteiger partial charge in [0.25, 0.3) is 0 Å². The topological polar surface area (TPSA) is 80.3 Å². The van der Waals surface area contributed by atoms with Gasteiger partial charge in [0.15, 0.2) is 0 Å². The van der Waals surface area contributed by atoms with Crippen molar-refractivity contribution >= 4 is 50.0 Å². The van der Waals surface area contributed by atoms with E-state index in [9.17, 15) is 14.0 Å². The van der Waals surface area contributed by atoms with Gasteiger partial charge in [0, 0.05) is 27.4 Å². The van der Waals surface area contributed by atoms with Crippen LogP contribution in [0.1, 0.15) is 26.7 Å². The van der Waals surface area contributed by atoms with Gasteiger partial charge < -0.3 is 15.4 Å². The summed E-state index contributed by atoms with van der Waals surface area (Å²) in [5.74, 6) is 0.112. The lowest BCUT2D eigenvalue weighted by molar-refractivity contribution is -0.131. The maximum Gasteiger partial charge on any atom is 0.240 e. The average Bonchev–Trinajstić information content (AvgIpc) is 3.70. The predicted molar refractivity (Wildman–Crippen MR) is 143 cm³/mol. The van der Waals surface area contributed by atoms with Crippen LogP contribution in [0.15, 0.2) is 83.5 Å². The number of halogens is 2. The molecular weight excluding hydrogens is 525 g/mol. The first-order valence-electron chi connectivity index (χ1n) is 11.6. The number of fused-ring (bicyclic) bond motifs is 1. The van der Waals surface area contributed by atoms with Crippen molar-refractivity contribution in [3.05, 3.63) is 89.3 Å². The fourth-order valence-electron chi connectivity index (χ4n) is 3.63. The van der Waals surface area contributed by atoms with Gasteiger partial charge in [0.1, 0.15) is 22.7 Å². The molecule has 2 N–H and O–H groups in total. The van der Waals surface area contributed by atoms with Crippen LogP contribution in [0.4, 0.5) is 15.8 Å². The van der Waals surface area contributed by atoms with Gasteiger partial charge in [-0.05, 0) is 85.6 Å². The molecule has 5 rings (SSSR count). The predicted octanol–water partition coefficient (Wildman–Crippen LogP) is 7.31. The number of hydrogen-bond donors (Lipinski definition) is 2. The van der Waals surface area contributed by atoms with Crippen molar-refractivity contribution in [3.8, 4) is 11.5 Å². The van der Waals surface area contributed by atoms with Gasteiger partial charge in [-0.15, -0.1) is 0 Å². The Bertz CT molecular complexity index is 1390. The molecule has 3 aromatic carbocycles. The monoisotopic (exact) mass is 549 g/mol. The summed E-state index contributed by atoms with van der Waals surface area (Å²) in [5.41, 5.74) is 0.697. The molecule has 4 aromatic rings. The molecule has 0 atom stereocenters. The highest BCUT2D eigenvalue weighted by Crippen LogP contribution is 2.47. The third-order valence-corrected chi connectivity index (χ3v) is 6.22. The van der Waals surface area contributed by atoms with Gasteiger partial charge >= 0.3 is 0 Å². The van der Waals surface area contributed by atoms with Crippen molar-refractivity contribution in [1.29, 1.82) is 0 Å². The standard InChI is InChI=1S/C26H19BrFN3O3.C2H6/c27-16-1-10-21-22(15-16)29-14-11-23(21)34-20-8-6-19(7-9-20)31-25(33)26(12-13-26)24(32)30-18-4-2-17(28)3-5-18;1-2/h1-11,14-15H,12-13H2,(H,30,32)(H,31,33);1-2H3. The smallest absolute Gasteiger partial charge is 0.240 e. The SMILES string of the molecule is CC.O=C(Nc1ccc(F)cc1)C1(C(=O)Nc2ccc(Oc3ccnc4cc(Br)ccc34)cc2)CC1. The van der Waals surface area contributed by atoms with E-state index in [-0.39, 0.29) is 5.91 Å². The van der Waals surface area contributed by atoms with Gasteiger partial charge in [-0.25, -0.2) is 4.39 Å². The Morgan fingerprint density at radius 1 is 0.889 bits per heavy atom. The van der Waals surface area contributed by atoms with Crippen molar-refractivity contribution in [3.63, 3.8) is 0 Å². The van der Waals surface area contributed by atoms with Crippen LogP contribution in [0.5, 0.6) is 11.5 Å². The highest BCUT2D eigenvalue weighted by atomic mass is 79.9. The van der Waals surface area contributed by atoms with Crippen molar-refractivity contribution < 1.29 is 18.7 Å². The van der Waals surface area contributed by atoms with Gasteiger partial charge in [-0.2, -0.15) is 0 Å². The summed E-state index contributed by atoms with van der Waals surface area (Å²) >= 11 is 3.44. The van der Waals surface area contributed by atoms with Gasteiger partial charge in [-0.1, -0.05) is 29.8 Å².